The highest BCUT2D eigenvalue weighted by Crippen LogP contribution is 2.36. The van der Waals surface area contributed by atoms with Crippen molar-refractivity contribution in [1.82, 2.24) is 5.32 Å². The molecule has 0 saturated carbocycles. The number of carbonyl (C=O) groups is 1. The van der Waals surface area contributed by atoms with Gasteiger partial charge in [-0.25, -0.2) is 0 Å². The maximum Gasteiger partial charge on any atom is 0.246 e. The molecular weight excluding hydrogens is 324 g/mol. The summed E-state index contributed by atoms with van der Waals surface area (Å²) >= 11 is 5.26. The topological polar surface area (TPSA) is 41.1 Å². The van der Waals surface area contributed by atoms with E-state index in [1.165, 1.54) is 4.88 Å². The van der Waals surface area contributed by atoms with Gasteiger partial charge in [-0.15, -0.1) is 11.3 Å². The molecule has 5 heteroatoms. The van der Waals surface area contributed by atoms with Crippen LogP contribution in [0, 0.1) is 0 Å². The van der Waals surface area contributed by atoms with Crippen molar-refractivity contribution in [2.75, 3.05) is 11.9 Å². The maximum absolute atomic E-state index is 12.0. The molecule has 98 valence electrons. The van der Waals surface area contributed by atoms with Gasteiger partial charge in [0.25, 0.3) is 0 Å². The minimum atomic E-state index is -0.259. The van der Waals surface area contributed by atoms with Gasteiger partial charge in [-0.1, -0.05) is 28.1 Å². The average Bonchev–Trinajstić information content (AvgIpc) is 2.99. The Balaban J connectivity index is 1.70. The molecule has 19 heavy (non-hydrogen) atoms. The predicted molar refractivity (Wildman–Crippen MR) is 81.5 cm³/mol. The molecule has 2 aromatic rings. The van der Waals surface area contributed by atoms with E-state index < -0.39 is 0 Å². The molecule has 0 fully saturated rings. The Bertz CT molecular complexity index is 597. The number of hydrogen-bond acceptors (Lipinski definition) is 3. The van der Waals surface area contributed by atoms with Gasteiger partial charge < -0.3 is 10.6 Å². The summed E-state index contributed by atoms with van der Waals surface area (Å²) in [6.45, 7) is 0.791. The number of rotatable bonds is 4. The third kappa shape index (κ3) is 2.59. The van der Waals surface area contributed by atoms with Crippen LogP contribution in [0.25, 0.3) is 0 Å². The molecule has 1 unspecified atom stereocenters. The minimum Gasteiger partial charge on any atom is -0.324 e. The van der Waals surface area contributed by atoms with Crippen molar-refractivity contribution in [2.45, 2.75) is 12.5 Å². The van der Waals surface area contributed by atoms with Gasteiger partial charge in [-0.05, 0) is 30.0 Å². The largest absolute Gasteiger partial charge is 0.324 e. The van der Waals surface area contributed by atoms with E-state index in [0.717, 1.165) is 28.7 Å². The van der Waals surface area contributed by atoms with Crippen LogP contribution in [0.5, 0.6) is 0 Å². The minimum absolute atomic E-state index is 0.0214. The molecule has 1 aromatic carbocycles. The Hall–Kier alpha value is -1.17. The van der Waals surface area contributed by atoms with Crippen LogP contribution < -0.4 is 10.6 Å². The summed E-state index contributed by atoms with van der Waals surface area (Å²) in [5.41, 5.74) is 1.91. The van der Waals surface area contributed by atoms with E-state index in [4.69, 9.17) is 0 Å². The summed E-state index contributed by atoms with van der Waals surface area (Å²) in [7, 11) is 0. The van der Waals surface area contributed by atoms with Gasteiger partial charge >= 0.3 is 0 Å². The monoisotopic (exact) mass is 336 g/mol. The van der Waals surface area contributed by atoms with Crippen molar-refractivity contribution >= 4 is 38.9 Å². The second kappa shape index (κ2) is 5.45. The van der Waals surface area contributed by atoms with Gasteiger partial charge in [0.15, 0.2) is 0 Å². The molecule has 2 N–H and O–H groups in total. The van der Waals surface area contributed by atoms with Crippen LogP contribution >= 0.6 is 27.3 Å². The van der Waals surface area contributed by atoms with Gasteiger partial charge in [0.05, 0.1) is 0 Å². The Morgan fingerprint density at radius 3 is 3.00 bits per heavy atom. The zero-order valence-electron chi connectivity index (χ0n) is 10.2. The van der Waals surface area contributed by atoms with Crippen molar-refractivity contribution in [1.29, 1.82) is 0 Å². The molecule has 1 amide bonds. The Kier molecular flexibility index (Phi) is 3.68. The van der Waals surface area contributed by atoms with Crippen LogP contribution in [-0.2, 0) is 11.2 Å². The fourth-order valence-electron chi connectivity index (χ4n) is 2.26. The highest BCUT2D eigenvalue weighted by molar-refractivity contribution is 9.10. The third-order valence-electron chi connectivity index (χ3n) is 3.16. The molecule has 0 bridgehead atoms. The normalized spacial score (nSPS) is 17.3. The van der Waals surface area contributed by atoms with E-state index in [1.54, 1.807) is 11.3 Å². The Morgan fingerprint density at radius 1 is 1.32 bits per heavy atom. The summed E-state index contributed by atoms with van der Waals surface area (Å²) < 4.78 is 0.969. The van der Waals surface area contributed by atoms with Gasteiger partial charge in [0.1, 0.15) is 6.04 Å². The van der Waals surface area contributed by atoms with Crippen molar-refractivity contribution in [3.05, 3.63) is 50.6 Å². The smallest absolute Gasteiger partial charge is 0.246 e. The molecule has 1 aromatic heterocycles. The highest BCUT2D eigenvalue weighted by Gasteiger charge is 2.31. The van der Waals surface area contributed by atoms with E-state index in [2.05, 4.69) is 38.0 Å². The second-order valence-electron chi connectivity index (χ2n) is 4.41. The molecule has 1 aliphatic rings. The van der Waals surface area contributed by atoms with Crippen LogP contribution in [0.4, 0.5) is 5.69 Å². The zero-order valence-corrected chi connectivity index (χ0v) is 12.6. The van der Waals surface area contributed by atoms with E-state index in [9.17, 15) is 4.79 Å². The van der Waals surface area contributed by atoms with Crippen LogP contribution in [0.15, 0.2) is 40.2 Å². The number of amides is 1. The summed E-state index contributed by atoms with van der Waals surface area (Å²) in [5, 5.41) is 8.31. The molecule has 3 rings (SSSR count). The fraction of sp³-hybridized carbons (Fsp3) is 0.214. The van der Waals surface area contributed by atoms with Crippen LogP contribution in [-0.4, -0.2) is 12.5 Å². The summed E-state index contributed by atoms with van der Waals surface area (Å²) in [6, 6.07) is 9.73. The molecule has 2 heterocycles. The first-order chi connectivity index (χ1) is 9.25. The molecule has 1 aliphatic heterocycles. The van der Waals surface area contributed by atoms with Crippen LogP contribution in [0.3, 0.4) is 0 Å². The Labute approximate surface area is 124 Å². The predicted octanol–water partition coefficient (Wildman–Crippen LogP) is 3.34. The Morgan fingerprint density at radius 2 is 2.21 bits per heavy atom. The molecule has 0 radical (unpaired) electrons. The second-order valence-corrected chi connectivity index (χ2v) is 6.29. The van der Waals surface area contributed by atoms with Gasteiger partial charge in [-0.2, -0.15) is 0 Å². The first-order valence-corrected chi connectivity index (χ1v) is 7.78. The highest BCUT2D eigenvalue weighted by atomic mass is 79.9. The van der Waals surface area contributed by atoms with E-state index in [-0.39, 0.29) is 11.9 Å². The van der Waals surface area contributed by atoms with E-state index >= 15 is 0 Å². The molecule has 0 saturated heterocycles. The molecule has 1 atom stereocenters. The lowest BCUT2D eigenvalue weighted by molar-refractivity contribution is -0.117. The van der Waals surface area contributed by atoms with Crippen molar-refractivity contribution < 1.29 is 4.79 Å². The number of carbonyl (C=O) groups excluding carboxylic acids is 1. The molecule has 0 spiro atoms. The van der Waals surface area contributed by atoms with Gasteiger partial charge in [-0.3, -0.25) is 4.79 Å². The fourth-order valence-corrected chi connectivity index (χ4v) is 3.57. The molecular formula is C14H13BrN2OS. The number of halogens is 1. The number of hydrogen-bond donors (Lipinski definition) is 2. The maximum atomic E-state index is 12.0. The zero-order chi connectivity index (χ0) is 13.2. The lowest BCUT2D eigenvalue weighted by atomic mass is 10.1. The van der Waals surface area contributed by atoms with E-state index in [1.807, 2.05) is 24.3 Å². The standard InChI is InChI=1S/C14H13BrN2OS/c15-10-4-1-5-11-12(10)13(14(18)17-11)16-7-6-9-3-2-8-19-9/h1-5,8,13,16H,6-7H2,(H,17,18). The van der Waals surface area contributed by atoms with Crippen molar-refractivity contribution in [3.8, 4) is 0 Å². The van der Waals surface area contributed by atoms with Crippen molar-refractivity contribution in [2.24, 2.45) is 0 Å². The van der Waals surface area contributed by atoms with Gasteiger partial charge in [0.2, 0.25) is 5.91 Å². The summed E-state index contributed by atoms with van der Waals surface area (Å²) in [6.07, 6.45) is 0.946. The van der Waals surface area contributed by atoms with Crippen LogP contribution in [0.1, 0.15) is 16.5 Å². The third-order valence-corrected chi connectivity index (χ3v) is 4.79. The first kappa shape index (κ1) is 12.8. The lowest BCUT2D eigenvalue weighted by Crippen LogP contribution is -2.29. The molecule has 0 aliphatic carbocycles. The number of thiophene rings is 1. The number of anilines is 1. The lowest BCUT2D eigenvalue weighted by Gasteiger charge is -2.12. The summed E-state index contributed by atoms with van der Waals surface area (Å²) in [5.74, 6) is 0.0214. The number of benzene rings is 1. The summed E-state index contributed by atoms with van der Waals surface area (Å²) in [4.78, 5) is 13.3. The van der Waals surface area contributed by atoms with Crippen LogP contribution in [0.2, 0.25) is 0 Å². The number of nitrogens with one attached hydrogen (secondary N) is 2. The molecule has 3 nitrogen and oxygen atoms in total. The SMILES string of the molecule is O=C1Nc2cccc(Br)c2C1NCCc1cccs1. The average molecular weight is 337 g/mol. The number of fused-ring (bicyclic) bond motifs is 1. The quantitative estimate of drug-likeness (QED) is 0.899. The van der Waals surface area contributed by atoms with E-state index in [0.29, 0.717) is 0 Å². The van der Waals surface area contributed by atoms with Gasteiger partial charge in [0, 0.05) is 27.1 Å². The van der Waals surface area contributed by atoms with Crippen molar-refractivity contribution in [3.63, 3.8) is 0 Å². The first-order valence-electron chi connectivity index (χ1n) is 6.11.